The average molecular weight is 293 g/mol. The predicted molar refractivity (Wildman–Crippen MR) is 68.4 cm³/mol. The van der Waals surface area contributed by atoms with Crippen molar-refractivity contribution < 1.29 is 23.5 Å². The fraction of sp³-hybridized carbons (Fsp3) is 0.833. The Morgan fingerprint density at radius 1 is 1.40 bits per heavy atom. The highest BCUT2D eigenvalue weighted by molar-refractivity contribution is 5.75. The first kappa shape index (κ1) is 16.8. The molecule has 0 aromatic carbocycles. The van der Waals surface area contributed by atoms with Crippen molar-refractivity contribution in [2.75, 3.05) is 26.2 Å². The van der Waals surface area contributed by atoms with Crippen molar-refractivity contribution in [3.63, 3.8) is 0 Å². The zero-order chi connectivity index (χ0) is 15.1. The van der Waals surface area contributed by atoms with Crippen molar-refractivity contribution in [1.82, 2.24) is 10.2 Å². The van der Waals surface area contributed by atoms with Gasteiger partial charge in [-0.2, -0.15) is 0 Å². The normalized spacial score (nSPS) is 23.9. The summed E-state index contributed by atoms with van der Waals surface area (Å²) in [5, 5.41) is 11.4. The molecular weight excluding hydrogens is 272 g/mol. The fourth-order valence-electron chi connectivity index (χ4n) is 2.59. The van der Waals surface area contributed by atoms with E-state index in [9.17, 15) is 18.4 Å². The number of carbonyl (C=O) groups excluding carboxylic acids is 1. The van der Waals surface area contributed by atoms with Gasteiger partial charge >= 0.3 is 5.97 Å². The van der Waals surface area contributed by atoms with E-state index in [4.69, 9.17) is 10.8 Å². The van der Waals surface area contributed by atoms with Crippen molar-refractivity contribution >= 4 is 11.9 Å². The molecule has 0 aromatic rings. The first-order valence-electron chi connectivity index (χ1n) is 6.60. The van der Waals surface area contributed by atoms with E-state index in [-0.39, 0.29) is 24.9 Å². The molecule has 0 radical (unpaired) electrons. The van der Waals surface area contributed by atoms with Crippen molar-refractivity contribution in [2.24, 2.45) is 11.7 Å². The summed E-state index contributed by atoms with van der Waals surface area (Å²) in [6.07, 6.45) is -1.29. The van der Waals surface area contributed by atoms with E-state index in [0.29, 0.717) is 25.9 Å². The van der Waals surface area contributed by atoms with Crippen LogP contribution >= 0.6 is 0 Å². The Morgan fingerprint density at radius 2 is 2.10 bits per heavy atom. The van der Waals surface area contributed by atoms with Gasteiger partial charge in [0.25, 0.3) is 6.43 Å². The Morgan fingerprint density at radius 3 is 2.65 bits per heavy atom. The van der Waals surface area contributed by atoms with E-state index in [1.807, 2.05) is 0 Å². The third-order valence-electron chi connectivity index (χ3n) is 3.32. The molecule has 0 saturated carbocycles. The quantitative estimate of drug-likeness (QED) is 0.580. The molecule has 4 N–H and O–H groups in total. The predicted octanol–water partition coefficient (Wildman–Crippen LogP) is -0.118. The number of nitrogens with two attached hydrogens (primary N) is 1. The molecule has 0 bridgehead atoms. The molecule has 1 fully saturated rings. The van der Waals surface area contributed by atoms with Crippen molar-refractivity contribution in [2.45, 2.75) is 31.7 Å². The smallest absolute Gasteiger partial charge is 0.303 e. The van der Waals surface area contributed by atoms with E-state index in [1.165, 1.54) is 0 Å². The number of alkyl halides is 2. The van der Waals surface area contributed by atoms with Gasteiger partial charge in [-0.3, -0.25) is 14.5 Å². The minimum atomic E-state index is -2.43. The minimum absolute atomic E-state index is 0.0383. The van der Waals surface area contributed by atoms with Crippen LogP contribution in [0.3, 0.4) is 0 Å². The minimum Gasteiger partial charge on any atom is -0.481 e. The number of nitrogens with one attached hydrogen (secondary N) is 1. The summed E-state index contributed by atoms with van der Waals surface area (Å²) in [7, 11) is 0. The van der Waals surface area contributed by atoms with Crippen molar-refractivity contribution in [1.29, 1.82) is 0 Å². The lowest BCUT2D eigenvalue weighted by atomic mass is 9.90. The zero-order valence-electron chi connectivity index (χ0n) is 11.2. The van der Waals surface area contributed by atoms with Gasteiger partial charge in [0.05, 0.1) is 13.1 Å². The van der Waals surface area contributed by atoms with Crippen LogP contribution in [0, 0.1) is 5.92 Å². The maximum absolute atomic E-state index is 12.2. The van der Waals surface area contributed by atoms with Crippen LogP contribution in [0.15, 0.2) is 0 Å². The summed E-state index contributed by atoms with van der Waals surface area (Å²) in [5.41, 5.74) is 5.14. The molecule has 2 atom stereocenters. The molecule has 1 heterocycles. The number of carboxylic acids is 1. The Hall–Kier alpha value is -1.28. The molecule has 0 aliphatic carbocycles. The van der Waals surface area contributed by atoms with Crippen molar-refractivity contribution in [3.8, 4) is 0 Å². The monoisotopic (exact) mass is 293 g/mol. The number of carboxylic acid groups (broad SMARTS) is 1. The molecule has 1 rings (SSSR count). The first-order chi connectivity index (χ1) is 9.36. The molecule has 1 amide bonds. The van der Waals surface area contributed by atoms with Gasteiger partial charge in [-0.1, -0.05) is 0 Å². The summed E-state index contributed by atoms with van der Waals surface area (Å²) in [6, 6.07) is -0.170. The van der Waals surface area contributed by atoms with Gasteiger partial charge in [0.15, 0.2) is 0 Å². The molecule has 1 aliphatic rings. The fourth-order valence-corrected chi connectivity index (χ4v) is 2.59. The third kappa shape index (κ3) is 6.76. The number of piperidine rings is 1. The van der Waals surface area contributed by atoms with E-state index in [1.54, 1.807) is 4.90 Å². The van der Waals surface area contributed by atoms with Gasteiger partial charge in [-0.05, 0) is 18.8 Å². The van der Waals surface area contributed by atoms with Crippen LogP contribution in [0.25, 0.3) is 0 Å². The second-order valence-corrected chi connectivity index (χ2v) is 5.19. The van der Waals surface area contributed by atoms with Crippen LogP contribution in [-0.2, 0) is 9.59 Å². The Kier molecular flexibility index (Phi) is 6.80. The Bertz CT molecular complexity index is 342. The van der Waals surface area contributed by atoms with Gasteiger partial charge < -0.3 is 16.2 Å². The van der Waals surface area contributed by atoms with Gasteiger partial charge in [0, 0.05) is 25.6 Å². The highest BCUT2D eigenvalue weighted by Gasteiger charge is 2.28. The highest BCUT2D eigenvalue weighted by atomic mass is 19.3. The number of likely N-dealkylation sites (tertiary alicyclic amines) is 1. The van der Waals surface area contributed by atoms with E-state index < -0.39 is 24.8 Å². The molecule has 0 aromatic heterocycles. The summed E-state index contributed by atoms with van der Waals surface area (Å²) < 4.78 is 24.4. The number of primary amides is 1. The Labute approximate surface area is 116 Å². The summed E-state index contributed by atoms with van der Waals surface area (Å²) in [6.45, 7) is 0.708. The van der Waals surface area contributed by atoms with Crippen LogP contribution in [0.5, 0.6) is 0 Å². The number of aliphatic carboxylic acids is 1. The lowest BCUT2D eigenvalue weighted by molar-refractivity contribution is -0.137. The molecule has 2 unspecified atom stereocenters. The largest absolute Gasteiger partial charge is 0.481 e. The number of nitrogens with zero attached hydrogens (tertiary/aromatic N) is 1. The SMILES string of the molecule is NC(=O)CN1CC(CCC(=O)O)CC(NCC(F)F)C1. The summed E-state index contributed by atoms with van der Waals surface area (Å²) in [5.74, 6) is -1.29. The topological polar surface area (TPSA) is 95.7 Å². The molecule has 20 heavy (non-hydrogen) atoms. The van der Waals surface area contributed by atoms with Gasteiger partial charge in [-0.25, -0.2) is 8.78 Å². The average Bonchev–Trinajstić information content (AvgIpc) is 2.33. The molecule has 6 nitrogen and oxygen atoms in total. The molecule has 1 saturated heterocycles. The number of rotatable bonds is 8. The van der Waals surface area contributed by atoms with Crippen LogP contribution < -0.4 is 11.1 Å². The number of hydrogen-bond acceptors (Lipinski definition) is 4. The standard InChI is InChI=1S/C12H21F2N3O3/c13-10(14)4-16-9-3-8(1-2-12(19)20)5-17(6-9)7-11(15)18/h8-10,16H,1-7H2,(H2,15,18)(H,19,20). The van der Waals surface area contributed by atoms with Crippen molar-refractivity contribution in [3.05, 3.63) is 0 Å². The molecule has 116 valence electrons. The molecule has 8 heteroatoms. The summed E-state index contributed by atoms with van der Waals surface area (Å²) >= 11 is 0. The number of hydrogen-bond donors (Lipinski definition) is 3. The van der Waals surface area contributed by atoms with Crippen LogP contribution in [0.2, 0.25) is 0 Å². The van der Waals surface area contributed by atoms with E-state index >= 15 is 0 Å². The van der Waals surface area contributed by atoms with Gasteiger partial charge in [-0.15, -0.1) is 0 Å². The van der Waals surface area contributed by atoms with Crippen LogP contribution in [0.4, 0.5) is 8.78 Å². The molecule has 0 spiro atoms. The lowest BCUT2D eigenvalue weighted by Crippen LogP contribution is -2.52. The van der Waals surface area contributed by atoms with Crippen LogP contribution in [-0.4, -0.2) is 60.5 Å². The molecule has 1 aliphatic heterocycles. The second-order valence-electron chi connectivity index (χ2n) is 5.19. The molecular formula is C12H21F2N3O3. The van der Waals surface area contributed by atoms with Gasteiger partial charge in [0.2, 0.25) is 5.91 Å². The van der Waals surface area contributed by atoms with E-state index in [0.717, 1.165) is 0 Å². The first-order valence-corrected chi connectivity index (χ1v) is 6.60. The van der Waals surface area contributed by atoms with E-state index in [2.05, 4.69) is 5.32 Å². The van der Waals surface area contributed by atoms with Crippen LogP contribution in [0.1, 0.15) is 19.3 Å². The zero-order valence-corrected chi connectivity index (χ0v) is 11.2. The number of carbonyl (C=O) groups is 2. The maximum Gasteiger partial charge on any atom is 0.303 e. The summed E-state index contributed by atoms with van der Waals surface area (Å²) in [4.78, 5) is 23.3. The highest BCUT2D eigenvalue weighted by Crippen LogP contribution is 2.21. The Balaban J connectivity index is 2.52. The number of halogens is 2. The lowest BCUT2D eigenvalue weighted by Gasteiger charge is -2.37. The second kappa shape index (κ2) is 8.11. The third-order valence-corrected chi connectivity index (χ3v) is 3.32. The maximum atomic E-state index is 12.2. The van der Waals surface area contributed by atoms with Gasteiger partial charge in [0.1, 0.15) is 0 Å². The number of amides is 1.